The third-order valence-corrected chi connectivity index (χ3v) is 2.53. The van der Waals surface area contributed by atoms with Crippen molar-refractivity contribution in [1.82, 2.24) is 5.43 Å². The number of carbonyl (C=O) groups excluding carboxylic acids is 1. The van der Waals surface area contributed by atoms with Crippen LogP contribution >= 0.6 is 0 Å². The van der Waals surface area contributed by atoms with E-state index < -0.39 is 0 Å². The molecule has 0 aromatic heterocycles. The summed E-state index contributed by atoms with van der Waals surface area (Å²) in [5, 5.41) is 4.08. The van der Waals surface area contributed by atoms with Crippen molar-refractivity contribution in [3.8, 4) is 0 Å². The van der Waals surface area contributed by atoms with E-state index in [9.17, 15) is 4.79 Å². The van der Waals surface area contributed by atoms with Crippen molar-refractivity contribution in [2.24, 2.45) is 11.0 Å². The smallest absolute Gasteiger partial charge is 0.240 e. The summed E-state index contributed by atoms with van der Waals surface area (Å²) in [6.07, 6.45) is 6.33. The number of amides is 1. The second kappa shape index (κ2) is 5.78. The van der Waals surface area contributed by atoms with Gasteiger partial charge in [0.1, 0.15) is 0 Å². The zero-order valence-corrected chi connectivity index (χ0v) is 9.18. The van der Waals surface area contributed by atoms with Gasteiger partial charge in [-0.05, 0) is 32.1 Å². The number of nitrogens with zero attached hydrogens (tertiary/aromatic N) is 1. The van der Waals surface area contributed by atoms with E-state index in [1.807, 2.05) is 6.92 Å². The highest BCUT2D eigenvalue weighted by atomic mass is 16.2. The molecule has 1 rings (SSSR count). The normalized spacial score (nSPS) is 16.9. The summed E-state index contributed by atoms with van der Waals surface area (Å²) in [7, 11) is 0. The van der Waals surface area contributed by atoms with Crippen LogP contribution in [0.5, 0.6) is 0 Å². The largest absolute Gasteiger partial charge is 0.273 e. The molecule has 1 fully saturated rings. The Kier molecular flexibility index (Phi) is 4.63. The Morgan fingerprint density at radius 2 is 2.14 bits per heavy atom. The Morgan fingerprint density at radius 3 is 2.71 bits per heavy atom. The predicted octanol–water partition coefficient (Wildman–Crippen LogP) is 2.47. The summed E-state index contributed by atoms with van der Waals surface area (Å²) < 4.78 is 0. The van der Waals surface area contributed by atoms with Crippen LogP contribution < -0.4 is 5.43 Å². The van der Waals surface area contributed by atoms with E-state index in [0.29, 0.717) is 12.3 Å². The van der Waals surface area contributed by atoms with E-state index in [2.05, 4.69) is 17.5 Å². The summed E-state index contributed by atoms with van der Waals surface area (Å²) in [5.74, 6) is 0.699. The van der Waals surface area contributed by atoms with Crippen molar-refractivity contribution in [3.63, 3.8) is 0 Å². The minimum absolute atomic E-state index is 0.0541. The molecule has 1 aliphatic carbocycles. The van der Waals surface area contributed by atoms with E-state index in [1.165, 1.54) is 12.8 Å². The lowest BCUT2D eigenvalue weighted by Crippen LogP contribution is -2.18. The van der Waals surface area contributed by atoms with Crippen molar-refractivity contribution in [3.05, 3.63) is 0 Å². The maximum absolute atomic E-state index is 11.2. The second-order valence-corrected chi connectivity index (χ2v) is 4.02. The van der Waals surface area contributed by atoms with Crippen molar-refractivity contribution in [2.75, 3.05) is 0 Å². The van der Waals surface area contributed by atoms with Crippen molar-refractivity contribution in [1.29, 1.82) is 0 Å². The SMILES string of the molecule is CCCCCC(=O)NN=C(C)C1CC1. The van der Waals surface area contributed by atoms with Gasteiger partial charge in [0.05, 0.1) is 0 Å². The van der Waals surface area contributed by atoms with Crippen LogP contribution in [0.2, 0.25) is 0 Å². The number of hydrogen-bond acceptors (Lipinski definition) is 2. The first-order valence-electron chi connectivity index (χ1n) is 5.57. The van der Waals surface area contributed by atoms with Crippen LogP contribution in [0.4, 0.5) is 0 Å². The van der Waals surface area contributed by atoms with Crippen molar-refractivity contribution >= 4 is 11.6 Å². The lowest BCUT2D eigenvalue weighted by atomic mass is 10.2. The Labute approximate surface area is 86.0 Å². The van der Waals surface area contributed by atoms with Gasteiger partial charge in [-0.2, -0.15) is 5.10 Å². The molecule has 80 valence electrons. The van der Waals surface area contributed by atoms with Gasteiger partial charge in [0.15, 0.2) is 0 Å². The van der Waals surface area contributed by atoms with Gasteiger partial charge in [0.2, 0.25) is 5.91 Å². The Balaban J connectivity index is 2.10. The van der Waals surface area contributed by atoms with Crippen LogP contribution in [0.15, 0.2) is 5.10 Å². The highest BCUT2D eigenvalue weighted by Crippen LogP contribution is 2.30. The Bertz CT molecular complexity index is 219. The molecule has 0 aromatic carbocycles. The molecule has 0 bridgehead atoms. The van der Waals surface area contributed by atoms with Gasteiger partial charge in [0, 0.05) is 12.1 Å². The van der Waals surface area contributed by atoms with Gasteiger partial charge in [-0.15, -0.1) is 0 Å². The number of rotatable bonds is 6. The monoisotopic (exact) mass is 196 g/mol. The van der Waals surface area contributed by atoms with Crippen LogP contribution in [-0.2, 0) is 4.79 Å². The molecule has 1 N–H and O–H groups in total. The minimum atomic E-state index is 0.0541. The predicted molar refractivity (Wildman–Crippen MR) is 58.1 cm³/mol. The molecule has 0 spiro atoms. The number of hydrazone groups is 1. The fourth-order valence-corrected chi connectivity index (χ4v) is 1.33. The molecule has 1 amide bonds. The number of unbranched alkanes of at least 4 members (excludes halogenated alkanes) is 2. The summed E-state index contributed by atoms with van der Waals surface area (Å²) >= 11 is 0. The van der Waals surface area contributed by atoms with E-state index in [-0.39, 0.29) is 5.91 Å². The third-order valence-electron chi connectivity index (χ3n) is 2.53. The first-order valence-corrected chi connectivity index (χ1v) is 5.57. The highest BCUT2D eigenvalue weighted by Gasteiger charge is 2.24. The number of nitrogens with one attached hydrogen (secondary N) is 1. The summed E-state index contributed by atoms with van der Waals surface area (Å²) in [6.45, 7) is 4.12. The van der Waals surface area contributed by atoms with Gasteiger partial charge < -0.3 is 0 Å². The van der Waals surface area contributed by atoms with Gasteiger partial charge in [0.25, 0.3) is 0 Å². The van der Waals surface area contributed by atoms with Crippen LogP contribution in [0.1, 0.15) is 52.4 Å². The van der Waals surface area contributed by atoms with Crippen LogP contribution in [-0.4, -0.2) is 11.6 Å². The molecule has 1 saturated carbocycles. The molecule has 0 radical (unpaired) electrons. The van der Waals surface area contributed by atoms with Gasteiger partial charge in [-0.3, -0.25) is 4.79 Å². The lowest BCUT2D eigenvalue weighted by Gasteiger charge is -2.00. The molecule has 0 saturated heterocycles. The fourth-order valence-electron chi connectivity index (χ4n) is 1.33. The van der Waals surface area contributed by atoms with E-state index in [0.717, 1.165) is 25.0 Å². The van der Waals surface area contributed by atoms with E-state index >= 15 is 0 Å². The molecule has 0 unspecified atom stereocenters. The first kappa shape index (κ1) is 11.2. The van der Waals surface area contributed by atoms with Crippen molar-refractivity contribution in [2.45, 2.75) is 52.4 Å². The molecule has 14 heavy (non-hydrogen) atoms. The highest BCUT2D eigenvalue weighted by molar-refractivity contribution is 5.87. The standard InChI is InChI=1S/C11H20N2O/c1-3-4-5-6-11(14)13-12-9(2)10-7-8-10/h10H,3-8H2,1-2H3,(H,13,14). The van der Waals surface area contributed by atoms with E-state index in [1.54, 1.807) is 0 Å². The maximum Gasteiger partial charge on any atom is 0.240 e. The van der Waals surface area contributed by atoms with E-state index in [4.69, 9.17) is 0 Å². The van der Waals surface area contributed by atoms with Gasteiger partial charge in [-0.25, -0.2) is 5.43 Å². The summed E-state index contributed by atoms with van der Waals surface area (Å²) in [5.41, 5.74) is 3.69. The molecule has 3 nitrogen and oxygen atoms in total. The van der Waals surface area contributed by atoms with Crippen LogP contribution in [0, 0.1) is 5.92 Å². The fraction of sp³-hybridized carbons (Fsp3) is 0.818. The molecular formula is C11H20N2O. The molecule has 0 atom stereocenters. The third kappa shape index (κ3) is 4.40. The Hall–Kier alpha value is -0.860. The molecule has 0 heterocycles. The van der Waals surface area contributed by atoms with Gasteiger partial charge >= 0.3 is 0 Å². The number of carbonyl (C=O) groups is 1. The second-order valence-electron chi connectivity index (χ2n) is 4.02. The quantitative estimate of drug-likeness (QED) is 0.396. The first-order chi connectivity index (χ1) is 6.74. The molecule has 0 aliphatic heterocycles. The van der Waals surface area contributed by atoms with Gasteiger partial charge in [-0.1, -0.05) is 19.8 Å². The summed E-state index contributed by atoms with van der Waals surface area (Å²) in [4.78, 5) is 11.2. The lowest BCUT2D eigenvalue weighted by molar-refractivity contribution is -0.121. The Morgan fingerprint density at radius 1 is 1.43 bits per heavy atom. The number of hydrogen-bond donors (Lipinski definition) is 1. The topological polar surface area (TPSA) is 41.5 Å². The zero-order chi connectivity index (χ0) is 10.4. The minimum Gasteiger partial charge on any atom is -0.273 e. The molecular weight excluding hydrogens is 176 g/mol. The van der Waals surface area contributed by atoms with Crippen LogP contribution in [0.25, 0.3) is 0 Å². The summed E-state index contributed by atoms with van der Waals surface area (Å²) in [6, 6.07) is 0. The molecule has 3 heteroatoms. The average molecular weight is 196 g/mol. The van der Waals surface area contributed by atoms with Crippen LogP contribution in [0.3, 0.4) is 0 Å². The van der Waals surface area contributed by atoms with Crippen molar-refractivity contribution < 1.29 is 4.79 Å². The zero-order valence-electron chi connectivity index (χ0n) is 9.18. The average Bonchev–Trinajstić information content (AvgIpc) is 2.98. The molecule has 0 aromatic rings. The molecule has 1 aliphatic rings. The maximum atomic E-state index is 11.2.